The number of likely N-dealkylation sites (tertiary alicyclic amines) is 1. The number of ether oxygens (including phenoxy) is 1. The highest BCUT2D eigenvalue weighted by molar-refractivity contribution is 9.09. The van der Waals surface area contributed by atoms with Gasteiger partial charge in [-0.2, -0.15) is 0 Å². The van der Waals surface area contributed by atoms with Crippen molar-refractivity contribution < 1.29 is 29.3 Å². The topological polar surface area (TPSA) is 107 Å². The molecule has 8 nitrogen and oxygen atoms in total. The second-order valence-corrected chi connectivity index (χ2v) is 10.2. The van der Waals surface area contributed by atoms with Crippen molar-refractivity contribution in [3.05, 3.63) is 41.9 Å². The molecule has 3 aliphatic heterocycles. The van der Waals surface area contributed by atoms with Gasteiger partial charge < -0.3 is 24.7 Å². The third-order valence-electron chi connectivity index (χ3n) is 6.84. The van der Waals surface area contributed by atoms with E-state index in [0.29, 0.717) is 30.0 Å². The van der Waals surface area contributed by atoms with Crippen molar-refractivity contribution in [3.8, 4) is 0 Å². The third-order valence-corrected chi connectivity index (χ3v) is 8.00. The van der Waals surface area contributed by atoms with Gasteiger partial charge in [-0.15, -0.1) is 6.58 Å². The number of benzene rings is 1. The molecule has 0 aliphatic carbocycles. The van der Waals surface area contributed by atoms with E-state index >= 15 is 0 Å². The number of anilines is 1. The Kier molecular flexibility index (Phi) is 6.87. The average molecular weight is 542 g/mol. The first-order valence-electron chi connectivity index (χ1n) is 10.9. The Morgan fingerprint density at radius 1 is 1.36 bits per heavy atom. The van der Waals surface area contributed by atoms with Crippen molar-refractivity contribution in [3.63, 3.8) is 0 Å². The number of carbonyl (C=O) groups excluding carboxylic acids is 2. The molecule has 1 aromatic rings. The molecule has 0 radical (unpaired) electrons. The molecule has 4 rings (SSSR count). The number of aliphatic hydroxyl groups is 1. The van der Waals surface area contributed by atoms with E-state index in [-0.39, 0.29) is 24.5 Å². The lowest BCUT2D eigenvalue weighted by atomic mass is 9.70. The second kappa shape index (κ2) is 9.37. The van der Waals surface area contributed by atoms with E-state index in [1.54, 1.807) is 30.3 Å². The summed E-state index contributed by atoms with van der Waals surface area (Å²) in [5.41, 5.74) is -0.778. The van der Waals surface area contributed by atoms with Crippen LogP contribution in [0.5, 0.6) is 0 Å². The van der Waals surface area contributed by atoms with Crippen molar-refractivity contribution in [1.29, 1.82) is 0 Å². The molecule has 3 saturated heterocycles. The van der Waals surface area contributed by atoms with E-state index in [2.05, 4.69) is 22.5 Å². The SMILES string of the molecule is C=CCN(C(=O)C1N(CCCCO)C(=O)[C@@H]2[C@H](C(=O)O)[C@H]3OC12CC3Br)c1ccccc1Cl. The zero-order valence-electron chi connectivity index (χ0n) is 17.9. The maximum absolute atomic E-state index is 14.1. The summed E-state index contributed by atoms with van der Waals surface area (Å²) in [5, 5.41) is 19.5. The van der Waals surface area contributed by atoms with E-state index in [4.69, 9.17) is 16.3 Å². The molecule has 6 atom stereocenters. The summed E-state index contributed by atoms with van der Waals surface area (Å²) in [4.78, 5) is 42.5. The predicted molar refractivity (Wildman–Crippen MR) is 125 cm³/mol. The molecule has 2 N–H and O–H groups in total. The Hall–Kier alpha value is -1.94. The van der Waals surface area contributed by atoms with Crippen LogP contribution in [0.3, 0.4) is 0 Å². The largest absolute Gasteiger partial charge is 0.481 e. The highest BCUT2D eigenvalue weighted by Crippen LogP contribution is 2.60. The Balaban J connectivity index is 1.79. The summed E-state index contributed by atoms with van der Waals surface area (Å²) in [5.74, 6) is -3.88. The number of rotatable bonds is 9. The van der Waals surface area contributed by atoms with E-state index in [9.17, 15) is 24.6 Å². The molecule has 1 spiro atoms. The molecule has 3 unspecified atom stereocenters. The summed E-state index contributed by atoms with van der Waals surface area (Å²) in [6, 6.07) is 5.89. The number of fused-ring (bicyclic) bond motifs is 1. The standard InChI is InChI=1S/C23H26BrClN2O6/c1-2-9-26(15-8-4-3-7-14(15)25)21(30)19-23-12-13(24)18(33-23)16(22(31)32)17(23)20(29)27(19)10-5-6-11-28/h2-4,7-8,13,16-19,28H,1,5-6,9-12H2,(H,31,32)/t13?,16-,17-,18-,19?,23?/m0/s1. The van der Waals surface area contributed by atoms with Crippen LogP contribution in [-0.2, 0) is 19.1 Å². The molecule has 3 aliphatic rings. The molecule has 1 aromatic carbocycles. The van der Waals surface area contributed by atoms with E-state index in [0.717, 1.165) is 0 Å². The summed E-state index contributed by atoms with van der Waals surface area (Å²) in [7, 11) is 0. The maximum Gasteiger partial charge on any atom is 0.310 e. The Bertz CT molecular complexity index is 976. The number of amides is 2. The third kappa shape index (κ3) is 3.79. The number of alkyl halides is 1. The number of halogens is 2. The number of carboxylic acid groups (broad SMARTS) is 1. The number of unbranched alkanes of at least 4 members (excludes halogenated alkanes) is 1. The number of aliphatic hydroxyl groups excluding tert-OH is 1. The number of nitrogens with zero attached hydrogens (tertiary/aromatic N) is 2. The molecule has 2 amide bonds. The molecule has 0 aromatic heterocycles. The lowest BCUT2D eigenvalue weighted by molar-refractivity contribution is -0.149. The van der Waals surface area contributed by atoms with E-state index in [1.807, 2.05) is 0 Å². The molecule has 2 bridgehead atoms. The summed E-state index contributed by atoms with van der Waals surface area (Å²) >= 11 is 9.92. The molecule has 178 valence electrons. The van der Waals surface area contributed by atoms with Gasteiger partial charge in [0.2, 0.25) is 5.91 Å². The fraction of sp³-hybridized carbons (Fsp3) is 0.522. The van der Waals surface area contributed by atoms with Gasteiger partial charge in [-0.25, -0.2) is 0 Å². The number of para-hydroxylation sites is 1. The lowest BCUT2D eigenvalue weighted by Crippen LogP contribution is -2.57. The minimum atomic E-state index is -1.25. The highest BCUT2D eigenvalue weighted by Gasteiger charge is 2.76. The number of carboxylic acids is 1. The smallest absolute Gasteiger partial charge is 0.310 e. The summed E-state index contributed by atoms with van der Waals surface area (Å²) < 4.78 is 6.26. The van der Waals surface area contributed by atoms with Crippen LogP contribution in [0, 0.1) is 11.8 Å². The lowest BCUT2D eigenvalue weighted by Gasteiger charge is -2.37. The van der Waals surface area contributed by atoms with Gasteiger partial charge in [0.05, 0.1) is 28.6 Å². The molecule has 33 heavy (non-hydrogen) atoms. The van der Waals surface area contributed by atoms with Crippen LogP contribution >= 0.6 is 27.5 Å². The van der Waals surface area contributed by atoms with Crippen molar-refractivity contribution in [2.45, 2.75) is 41.8 Å². The van der Waals surface area contributed by atoms with Crippen molar-refractivity contribution in [2.75, 3.05) is 24.6 Å². The van der Waals surface area contributed by atoms with Gasteiger partial charge in [0, 0.05) is 24.5 Å². The van der Waals surface area contributed by atoms with Crippen LogP contribution < -0.4 is 4.90 Å². The predicted octanol–water partition coefficient (Wildman–Crippen LogP) is 2.46. The Morgan fingerprint density at radius 2 is 2.09 bits per heavy atom. The number of hydrogen-bond donors (Lipinski definition) is 2. The van der Waals surface area contributed by atoms with Crippen molar-refractivity contribution in [1.82, 2.24) is 4.90 Å². The molecule has 3 heterocycles. The number of carbonyl (C=O) groups is 3. The minimum Gasteiger partial charge on any atom is -0.481 e. The number of hydrogen-bond acceptors (Lipinski definition) is 5. The molecule has 0 saturated carbocycles. The Morgan fingerprint density at radius 3 is 2.73 bits per heavy atom. The molecule has 10 heteroatoms. The zero-order chi connectivity index (χ0) is 23.9. The monoisotopic (exact) mass is 540 g/mol. The maximum atomic E-state index is 14.1. The second-order valence-electron chi connectivity index (χ2n) is 8.65. The zero-order valence-corrected chi connectivity index (χ0v) is 20.2. The van der Waals surface area contributed by atoms with Crippen LogP contribution in [0.15, 0.2) is 36.9 Å². The fourth-order valence-electron chi connectivity index (χ4n) is 5.58. The van der Waals surface area contributed by atoms with Crippen LogP contribution in [0.25, 0.3) is 0 Å². The average Bonchev–Trinajstić information content (AvgIpc) is 3.36. The molecule has 3 fully saturated rings. The molecular formula is C23H26BrClN2O6. The van der Waals surface area contributed by atoms with Gasteiger partial charge in [-0.3, -0.25) is 14.4 Å². The van der Waals surface area contributed by atoms with Gasteiger partial charge in [0.15, 0.2) is 0 Å². The van der Waals surface area contributed by atoms with Crippen LogP contribution in [0.4, 0.5) is 5.69 Å². The first-order valence-corrected chi connectivity index (χ1v) is 12.2. The normalized spacial score (nSPS) is 32.2. The van der Waals surface area contributed by atoms with Crippen LogP contribution in [0.1, 0.15) is 19.3 Å². The van der Waals surface area contributed by atoms with E-state index in [1.165, 1.54) is 9.80 Å². The first-order chi connectivity index (χ1) is 15.8. The fourth-order valence-corrected chi connectivity index (χ4v) is 6.76. The molecular weight excluding hydrogens is 516 g/mol. The van der Waals surface area contributed by atoms with E-state index < -0.39 is 47.4 Å². The minimum absolute atomic E-state index is 0.0444. The van der Waals surface area contributed by atoms with Crippen molar-refractivity contribution in [2.24, 2.45) is 11.8 Å². The quantitative estimate of drug-likeness (QED) is 0.283. The van der Waals surface area contributed by atoms with Gasteiger partial charge in [0.1, 0.15) is 11.6 Å². The van der Waals surface area contributed by atoms with Gasteiger partial charge in [-0.05, 0) is 31.4 Å². The summed E-state index contributed by atoms with van der Waals surface area (Å²) in [6.45, 7) is 4.08. The van der Waals surface area contributed by atoms with Crippen molar-refractivity contribution >= 4 is 51.0 Å². The van der Waals surface area contributed by atoms with Gasteiger partial charge in [0.25, 0.3) is 5.91 Å². The number of aliphatic carboxylic acids is 1. The van der Waals surface area contributed by atoms with Crippen LogP contribution in [0.2, 0.25) is 5.02 Å². The van der Waals surface area contributed by atoms with Gasteiger partial charge >= 0.3 is 5.97 Å². The summed E-state index contributed by atoms with van der Waals surface area (Å²) in [6.07, 6.45) is 2.15. The first kappa shape index (κ1) is 24.2. The van der Waals surface area contributed by atoms with Gasteiger partial charge in [-0.1, -0.05) is 45.7 Å². The Labute approximate surface area is 205 Å². The van der Waals surface area contributed by atoms with Crippen LogP contribution in [-0.4, -0.2) is 75.2 Å². The highest BCUT2D eigenvalue weighted by atomic mass is 79.9.